The lowest BCUT2D eigenvalue weighted by atomic mass is 10.1. The number of anilines is 1. The molecule has 0 heterocycles. The maximum Gasteiger partial charge on any atom is 0.270 e. The summed E-state index contributed by atoms with van der Waals surface area (Å²) in [5.41, 5.74) is 2.40. The van der Waals surface area contributed by atoms with Gasteiger partial charge in [-0.1, -0.05) is 24.3 Å². The van der Waals surface area contributed by atoms with Crippen LogP contribution >= 0.6 is 0 Å². The standard InChI is InChI=1S/C18H21N3O5S/c1-12-8-9-15(21(23)24)10-16(12)27(25,26)20(4)11-17(22)19-18-13(2)6-5-7-14(18)3/h5-10H,11H2,1-4H3,(H,19,22). The van der Waals surface area contributed by atoms with Gasteiger partial charge in [-0.05, 0) is 37.5 Å². The molecule has 2 rings (SSSR count). The van der Waals surface area contributed by atoms with Crippen LogP contribution in [0.25, 0.3) is 0 Å². The van der Waals surface area contributed by atoms with Crippen LogP contribution < -0.4 is 5.32 Å². The number of hydrogen-bond acceptors (Lipinski definition) is 5. The van der Waals surface area contributed by atoms with Crippen molar-refractivity contribution in [1.82, 2.24) is 4.31 Å². The maximum absolute atomic E-state index is 12.8. The fourth-order valence-electron chi connectivity index (χ4n) is 2.63. The summed E-state index contributed by atoms with van der Waals surface area (Å²) in [5, 5.41) is 13.7. The molecule has 0 spiro atoms. The third-order valence-electron chi connectivity index (χ3n) is 4.18. The van der Waals surface area contributed by atoms with Crippen LogP contribution in [0.3, 0.4) is 0 Å². The predicted molar refractivity (Wildman–Crippen MR) is 102 cm³/mol. The topological polar surface area (TPSA) is 110 Å². The molecule has 1 N–H and O–H groups in total. The van der Waals surface area contributed by atoms with Crippen molar-refractivity contribution < 1.29 is 18.1 Å². The number of likely N-dealkylation sites (N-methyl/N-ethyl adjacent to an activating group) is 1. The number of nitrogens with one attached hydrogen (secondary N) is 1. The molecule has 27 heavy (non-hydrogen) atoms. The van der Waals surface area contributed by atoms with Crippen LogP contribution in [0.2, 0.25) is 0 Å². The van der Waals surface area contributed by atoms with Crippen molar-refractivity contribution in [3.63, 3.8) is 0 Å². The highest BCUT2D eigenvalue weighted by atomic mass is 32.2. The maximum atomic E-state index is 12.8. The average Bonchev–Trinajstić information content (AvgIpc) is 2.58. The van der Waals surface area contributed by atoms with Gasteiger partial charge in [-0.2, -0.15) is 4.31 Å². The van der Waals surface area contributed by atoms with Gasteiger partial charge in [0.05, 0.1) is 16.4 Å². The second-order valence-electron chi connectivity index (χ2n) is 6.28. The molecule has 0 fully saturated rings. The van der Waals surface area contributed by atoms with Gasteiger partial charge in [0.2, 0.25) is 15.9 Å². The number of nitro benzene ring substituents is 1. The van der Waals surface area contributed by atoms with E-state index in [1.165, 1.54) is 19.2 Å². The molecule has 0 radical (unpaired) electrons. The molecule has 2 aromatic carbocycles. The van der Waals surface area contributed by atoms with Crippen LogP contribution in [-0.4, -0.2) is 37.1 Å². The minimum Gasteiger partial charge on any atom is -0.324 e. The number of para-hydroxylation sites is 1. The molecule has 1 amide bonds. The Hall–Kier alpha value is -2.78. The van der Waals surface area contributed by atoms with Crippen molar-refractivity contribution in [3.8, 4) is 0 Å². The van der Waals surface area contributed by atoms with Gasteiger partial charge in [-0.3, -0.25) is 14.9 Å². The van der Waals surface area contributed by atoms with Gasteiger partial charge in [0.25, 0.3) is 5.69 Å². The average molecular weight is 391 g/mol. The van der Waals surface area contributed by atoms with Gasteiger partial charge in [-0.25, -0.2) is 8.42 Å². The van der Waals surface area contributed by atoms with Gasteiger partial charge in [0.1, 0.15) is 0 Å². The first-order chi connectivity index (χ1) is 12.5. The number of rotatable bonds is 6. The van der Waals surface area contributed by atoms with E-state index in [1.807, 2.05) is 32.0 Å². The zero-order valence-corrected chi connectivity index (χ0v) is 16.3. The van der Waals surface area contributed by atoms with Crippen LogP contribution in [0.15, 0.2) is 41.3 Å². The molecule has 0 atom stereocenters. The van der Waals surface area contributed by atoms with E-state index in [2.05, 4.69) is 5.32 Å². The Labute approximate surface area is 158 Å². The summed E-state index contributed by atoms with van der Waals surface area (Å²) in [4.78, 5) is 22.4. The second-order valence-corrected chi connectivity index (χ2v) is 8.30. The predicted octanol–water partition coefficient (Wildman–Crippen LogP) is 2.78. The Morgan fingerprint density at radius 2 is 1.70 bits per heavy atom. The van der Waals surface area contributed by atoms with Crippen LogP contribution in [-0.2, 0) is 14.8 Å². The van der Waals surface area contributed by atoms with Crippen LogP contribution in [0, 0.1) is 30.9 Å². The van der Waals surface area contributed by atoms with Crippen LogP contribution in [0.1, 0.15) is 16.7 Å². The number of aryl methyl sites for hydroxylation is 3. The lowest BCUT2D eigenvalue weighted by Gasteiger charge is -2.19. The number of amides is 1. The number of nitrogens with zero attached hydrogens (tertiary/aromatic N) is 2. The van der Waals surface area contributed by atoms with Gasteiger partial charge in [0, 0.05) is 24.9 Å². The van der Waals surface area contributed by atoms with Crippen LogP contribution in [0.5, 0.6) is 0 Å². The molecular formula is C18H21N3O5S. The summed E-state index contributed by atoms with van der Waals surface area (Å²) in [5.74, 6) is -0.499. The van der Waals surface area contributed by atoms with Gasteiger partial charge < -0.3 is 5.32 Å². The molecule has 0 aliphatic rings. The SMILES string of the molecule is Cc1ccc([N+](=O)[O-])cc1S(=O)(=O)N(C)CC(=O)Nc1c(C)cccc1C. The fraction of sp³-hybridized carbons (Fsp3) is 0.278. The number of benzene rings is 2. The summed E-state index contributed by atoms with van der Waals surface area (Å²) in [7, 11) is -2.80. The summed E-state index contributed by atoms with van der Waals surface area (Å²) in [6, 6.07) is 9.16. The largest absolute Gasteiger partial charge is 0.324 e. The normalized spacial score (nSPS) is 11.4. The van der Waals surface area contributed by atoms with Crippen LogP contribution in [0.4, 0.5) is 11.4 Å². The number of non-ortho nitro benzene ring substituents is 1. The Morgan fingerprint density at radius 1 is 1.11 bits per heavy atom. The molecule has 0 aliphatic carbocycles. The number of carbonyl (C=O) groups is 1. The molecule has 0 saturated heterocycles. The summed E-state index contributed by atoms with van der Waals surface area (Å²) in [6.07, 6.45) is 0. The van der Waals surface area contributed by atoms with Crippen molar-refractivity contribution in [3.05, 3.63) is 63.2 Å². The van der Waals surface area contributed by atoms with Crippen molar-refractivity contribution in [1.29, 1.82) is 0 Å². The highest BCUT2D eigenvalue weighted by molar-refractivity contribution is 7.89. The van der Waals surface area contributed by atoms with Crippen molar-refractivity contribution in [2.75, 3.05) is 18.9 Å². The second kappa shape index (κ2) is 7.85. The number of hydrogen-bond donors (Lipinski definition) is 1. The molecule has 0 aromatic heterocycles. The Balaban J connectivity index is 2.24. The first-order valence-electron chi connectivity index (χ1n) is 8.11. The van der Waals surface area contributed by atoms with Crippen molar-refractivity contribution in [2.45, 2.75) is 25.7 Å². The minimum atomic E-state index is -4.07. The van der Waals surface area contributed by atoms with Gasteiger partial charge >= 0.3 is 0 Å². The summed E-state index contributed by atoms with van der Waals surface area (Å²) in [6.45, 7) is 4.81. The molecule has 8 nitrogen and oxygen atoms in total. The quantitative estimate of drug-likeness (QED) is 0.601. The highest BCUT2D eigenvalue weighted by Gasteiger charge is 2.27. The third kappa shape index (κ3) is 4.50. The lowest BCUT2D eigenvalue weighted by Crippen LogP contribution is -2.35. The first-order valence-corrected chi connectivity index (χ1v) is 9.55. The molecule has 0 unspecified atom stereocenters. The van der Waals surface area contributed by atoms with E-state index in [-0.39, 0.29) is 10.6 Å². The molecule has 2 aromatic rings. The van der Waals surface area contributed by atoms with E-state index >= 15 is 0 Å². The first kappa shape index (κ1) is 20.5. The van der Waals surface area contributed by atoms with E-state index in [0.29, 0.717) is 11.3 Å². The number of carbonyl (C=O) groups excluding carboxylic acids is 1. The molecule has 144 valence electrons. The number of sulfonamides is 1. The molecular weight excluding hydrogens is 370 g/mol. The summed E-state index contributed by atoms with van der Waals surface area (Å²) < 4.78 is 26.4. The van der Waals surface area contributed by atoms with Gasteiger partial charge in [-0.15, -0.1) is 0 Å². The Morgan fingerprint density at radius 3 is 2.26 bits per heavy atom. The third-order valence-corrected chi connectivity index (χ3v) is 6.13. The molecule has 0 aliphatic heterocycles. The molecule has 0 saturated carbocycles. The van der Waals surface area contributed by atoms with Crippen molar-refractivity contribution >= 4 is 27.3 Å². The highest BCUT2D eigenvalue weighted by Crippen LogP contribution is 2.24. The van der Waals surface area contributed by atoms with E-state index in [9.17, 15) is 23.3 Å². The summed E-state index contributed by atoms with van der Waals surface area (Å²) >= 11 is 0. The van der Waals surface area contributed by atoms with E-state index in [0.717, 1.165) is 21.5 Å². The van der Waals surface area contributed by atoms with Gasteiger partial charge in [0.15, 0.2) is 0 Å². The molecule has 0 bridgehead atoms. The Kier molecular flexibility index (Phi) is 5.97. The monoisotopic (exact) mass is 391 g/mol. The van der Waals surface area contributed by atoms with E-state index in [1.54, 1.807) is 6.92 Å². The number of nitro groups is 1. The lowest BCUT2D eigenvalue weighted by molar-refractivity contribution is -0.385. The Bertz CT molecular complexity index is 982. The smallest absolute Gasteiger partial charge is 0.270 e. The minimum absolute atomic E-state index is 0.195. The zero-order valence-electron chi connectivity index (χ0n) is 15.5. The fourth-order valence-corrected chi connectivity index (χ4v) is 3.99. The zero-order chi connectivity index (χ0) is 20.4. The van der Waals surface area contributed by atoms with Crippen molar-refractivity contribution in [2.24, 2.45) is 0 Å². The molecule has 9 heteroatoms. The van der Waals surface area contributed by atoms with E-state index in [4.69, 9.17) is 0 Å². The van der Waals surface area contributed by atoms with E-state index < -0.39 is 27.4 Å².